The fourth-order valence-corrected chi connectivity index (χ4v) is 5.15. The number of fused-ring (bicyclic) bond motifs is 1. The summed E-state index contributed by atoms with van der Waals surface area (Å²) in [5.41, 5.74) is 1.45. The van der Waals surface area contributed by atoms with Gasteiger partial charge in [0, 0.05) is 5.56 Å². The first kappa shape index (κ1) is 17.5. The molecule has 0 radical (unpaired) electrons. The van der Waals surface area contributed by atoms with Gasteiger partial charge in [0.1, 0.15) is 5.75 Å². The highest BCUT2D eigenvalue weighted by Gasteiger charge is 2.32. The fourth-order valence-electron chi connectivity index (χ4n) is 3.46. The van der Waals surface area contributed by atoms with E-state index in [2.05, 4.69) is 5.10 Å². The predicted molar refractivity (Wildman–Crippen MR) is 109 cm³/mol. The Morgan fingerprint density at radius 2 is 1.74 bits per heavy atom. The van der Waals surface area contributed by atoms with E-state index in [1.165, 1.54) is 0 Å². The van der Waals surface area contributed by atoms with Crippen LogP contribution in [-0.4, -0.2) is 37.3 Å². The molecule has 6 heteroatoms. The fraction of sp³-hybridized carbons (Fsp3) is 0.190. The molecule has 3 aromatic rings. The van der Waals surface area contributed by atoms with Crippen LogP contribution in [0.1, 0.15) is 12.0 Å². The van der Waals surface area contributed by atoms with Crippen molar-refractivity contribution in [1.82, 2.24) is 0 Å². The van der Waals surface area contributed by atoms with Gasteiger partial charge in [-0.3, -0.25) is 5.01 Å². The maximum absolute atomic E-state index is 12.0. The van der Waals surface area contributed by atoms with Crippen LogP contribution in [0, 0.1) is 0 Å². The molecule has 4 rings (SSSR count). The molecule has 1 saturated heterocycles. The smallest absolute Gasteiger partial charge is 0.152 e. The largest absolute Gasteiger partial charge is 0.507 e. The normalized spacial score (nSPS) is 18.9. The molecule has 1 atom stereocenters. The third-order valence-electron chi connectivity index (χ3n) is 4.83. The Hall–Kier alpha value is -2.86. The second kappa shape index (κ2) is 7.04. The zero-order valence-electron chi connectivity index (χ0n) is 14.7. The molecule has 0 bridgehead atoms. The van der Waals surface area contributed by atoms with Gasteiger partial charge in [-0.2, -0.15) is 5.10 Å². The van der Waals surface area contributed by atoms with Crippen molar-refractivity contribution < 1.29 is 13.5 Å². The van der Waals surface area contributed by atoms with Crippen LogP contribution in [-0.2, 0) is 9.84 Å². The van der Waals surface area contributed by atoms with Gasteiger partial charge in [0.15, 0.2) is 9.84 Å². The van der Waals surface area contributed by atoms with E-state index in [-0.39, 0.29) is 23.3 Å². The van der Waals surface area contributed by atoms with E-state index in [1.54, 1.807) is 17.3 Å². The van der Waals surface area contributed by atoms with Gasteiger partial charge in [0.05, 0.1) is 29.4 Å². The van der Waals surface area contributed by atoms with Crippen molar-refractivity contribution >= 4 is 32.5 Å². The van der Waals surface area contributed by atoms with Crippen molar-refractivity contribution in [2.45, 2.75) is 12.5 Å². The molecule has 0 aromatic heterocycles. The maximum atomic E-state index is 12.0. The van der Waals surface area contributed by atoms with E-state index in [9.17, 15) is 13.5 Å². The number of aromatic hydroxyl groups is 1. The van der Waals surface area contributed by atoms with Gasteiger partial charge in [-0.15, -0.1) is 0 Å². The zero-order valence-corrected chi connectivity index (χ0v) is 15.5. The summed E-state index contributed by atoms with van der Waals surface area (Å²) in [6.45, 7) is 0. The number of hydrogen-bond acceptors (Lipinski definition) is 5. The molecule has 1 aliphatic rings. The number of benzene rings is 3. The average Bonchev–Trinajstić information content (AvgIpc) is 3.04. The van der Waals surface area contributed by atoms with Crippen LogP contribution in [0.2, 0.25) is 0 Å². The van der Waals surface area contributed by atoms with Crippen LogP contribution in [0.25, 0.3) is 10.8 Å². The van der Waals surface area contributed by atoms with E-state index in [0.29, 0.717) is 12.0 Å². The van der Waals surface area contributed by atoms with Crippen molar-refractivity contribution in [2.75, 3.05) is 16.5 Å². The molecule has 1 fully saturated rings. The van der Waals surface area contributed by atoms with Gasteiger partial charge in [-0.05, 0) is 35.4 Å². The average molecular weight is 380 g/mol. The first-order valence-electron chi connectivity index (χ1n) is 8.83. The lowest BCUT2D eigenvalue weighted by Gasteiger charge is -2.25. The summed E-state index contributed by atoms with van der Waals surface area (Å²) >= 11 is 0. The molecular formula is C21H20N2O3S. The van der Waals surface area contributed by atoms with E-state index < -0.39 is 9.84 Å². The Kier molecular flexibility index (Phi) is 4.58. The minimum absolute atomic E-state index is 0.0841. The molecule has 1 N–H and O–H groups in total. The minimum atomic E-state index is -3.04. The number of nitrogens with zero attached hydrogens (tertiary/aromatic N) is 2. The Balaban J connectivity index is 1.75. The number of phenolic OH excluding ortho intramolecular Hbond substituents is 1. The molecule has 5 nitrogen and oxygen atoms in total. The Morgan fingerprint density at radius 1 is 1.00 bits per heavy atom. The van der Waals surface area contributed by atoms with E-state index in [0.717, 1.165) is 16.5 Å². The Morgan fingerprint density at radius 3 is 2.48 bits per heavy atom. The molecule has 0 spiro atoms. The molecule has 1 heterocycles. The van der Waals surface area contributed by atoms with Crippen LogP contribution in [0.5, 0.6) is 5.75 Å². The summed E-state index contributed by atoms with van der Waals surface area (Å²) in [4.78, 5) is 0. The van der Waals surface area contributed by atoms with Crippen LogP contribution < -0.4 is 5.01 Å². The van der Waals surface area contributed by atoms with Gasteiger partial charge in [-0.1, -0.05) is 48.5 Å². The van der Waals surface area contributed by atoms with Crippen LogP contribution in [0.15, 0.2) is 71.8 Å². The first-order valence-corrected chi connectivity index (χ1v) is 10.6. The molecule has 27 heavy (non-hydrogen) atoms. The summed E-state index contributed by atoms with van der Waals surface area (Å²) in [5, 5.41) is 18.6. The highest BCUT2D eigenvalue weighted by molar-refractivity contribution is 7.91. The minimum Gasteiger partial charge on any atom is -0.507 e. The molecule has 0 aliphatic carbocycles. The maximum Gasteiger partial charge on any atom is 0.152 e. The Labute approximate surface area is 158 Å². The number of anilines is 1. The highest BCUT2D eigenvalue weighted by atomic mass is 32.2. The van der Waals surface area contributed by atoms with Crippen LogP contribution >= 0.6 is 0 Å². The van der Waals surface area contributed by atoms with Gasteiger partial charge < -0.3 is 5.11 Å². The van der Waals surface area contributed by atoms with Gasteiger partial charge >= 0.3 is 0 Å². The van der Waals surface area contributed by atoms with Crippen LogP contribution in [0.4, 0.5) is 5.69 Å². The van der Waals surface area contributed by atoms with E-state index in [4.69, 9.17) is 0 Å². The lowest BCUT2D eigenvalue weighted by atomic mass is 10.0. The van der Waals surface area contributed by atoms with E-state index in [1.807, 2.05) is 60.7 Å². The molecule has 0 saturated carbocycles. The van der Waals surface area contributed by atoms with Gasteiger partial charge in [0.2, 0.25) is 0 Å². The molecule has 0 unspecified atom stereocenters. The standard InChI is InChI=1S/C21H20N2O3S/c24-21-11-10-16-6-4-5-9-19(16)20(21)14-22-23(17-7-2-1-3-8-17)18-12-13-27(25,26)15-18/h1-11,14,18,24H,12-13,15H2/b22-14-/t18-/m1/s1. The number of phenols is 1. The van der Waals surface area contributed by atoms with Gasteiger partial charge in [-0.25, -0.2) is 8.42 Å². The number of hydrazone groups is 1. The lowest BCUT2D eigenvalue weighted by molar-refractivity contribution is 0.475. The molecule has 3 aromatic carbocycles. The van der Waals surface area contributed by atoms with Crippen molar-refractivity contribution in [3.63, 3.8) is 0 Å². The first-order chi connectivity index (χ1) is 13.0. The summed E-state index contributed by atoms with van der Waals surface area (Å²) < 4.78 is 23.9. The second-order valence-corrected chi connectivity index (χ2v) is 8.93. The number of rotatable bonds is 4. The van der Waals surface area contributed by atoms with E-state index >= 15 is 0 Å². The molecule has 0 amide bonds. The second-order valence-electron chi connectivity index (χ2n) is 6.70. The third-order valence-corrected chi connectivity index (χ3v) is 6.58. The summed E-state index contributed by atoms with van der Waals surface area (Å²) in [6, 6.07) is 20.6. The molecule has 1 aliphatic heterocycles. The summed E-state index contributed by atoms with van der Waals surface area (Å²) in [7, 11) is -3.04. The molecule has 138 valence electrons. The topological polar surface area (TPSA) is 70.0 Å². The highest BCUT2D eigenvalue weighted by Crippen LogP contribution is 2.28. The van der Waals surface area contributed by atoms with Gasteiger partial charge in [0.25, 0.3) is 0 Å². The number of para-hydroxylation sites is 1. The number of hydrogen-bond donors (Lipinski definition) is 1. The zero-order chi connectivity index (χ0) is 18.9. The summed E-state index contributed by atoms with van der Waals surface area (Å²) in [6.07, 6.45) is 2.16. The van der Waals surface area contributed by atoms with Crippen molar-refractivity contribution in [3.8, 4) is 5.75 Å². The number of sulfone groups is 1. The quantitative estimate of drug-likeness (QED) is 0.555. The Bertz CT molecular complexity index is 1090. The van der Waals surface area contributed by atoms with Crippen molar-refractivity contribution in [2.24, 2.45) is 5.10 Å². The predicted octanol–water partition coefficient (Wildman–Crippen LogP) is 3.57. The lowest BCUT2D eigenvalue weighted by Crippen LogP contribution is -2.31. The van der Waals surface area contributed by atoms with Crippen molar-refractivity contribution in [1.29, 1.82) is 0 Å². The van der Waals surface area contributed by atoms with Crippen LogP contribution in [0.3, 0.4) is 0 Å². The SMILES string of the molecule is O=S1(=O)CC[C@@H](N(/N=C\c2c(O)ccc3ccccc23)c2ccccc2)C1. The monoisotopic (exact) mass is 380 g/mol. The molecular weight excluding hydrogens is 360 g/mol. The third kappa shape index (κ3) is 3.66. The summed E-state index contributed by atoms with van der Waals surface area (Å²) in [5.74, 6) is 0.404. The van der Waals surface area contributed by atoms with Crippen molar-refractivity contribution in [3.05, 3.63) is 72.3 Å².